The Morgan fingerprint density at radius 2 is 1.91 bits per heavy atom. The van der Waals surface area contributed by atoms with Crippen molar-refractivity contribution in [2.24, 2.45) is 0 Å². The van der Waals surface area contributed by atoms with E-state index >= 15 is 0 Å². The van der Waals surface area contributed by atoms with Gasteiger partial charge in [-0.05, 0) is 6.42 Å². The summed E-state index contributed by atoms with van der Waals surface area (Å²) in [6.07, 6.45) is 5.54. The van der Waals surface area contributed by atoms with E-state index < -0.39 is 0 Å². The summed E-state index contributed by atoms with van der Waals surface area (Å²) in [7, 11) is 1.49. The zero-order valence-electron chi connectivity index (χ0n) is 13.1. The SMILES string of the molecule is CCCCCCCn1c(=O)nc(N)c2c(OC)nc(N)cc21. The Morgan fingerprint density at radius 3 is 2.59 bits per heavy atom. The minimum Gasteiger partial charge on any atom is -0.480 e. The number of aryl methyl sites for hydroxylation is 1. The van der Waals surface area contributed by atoms with E-state index in [9.17, 15) is 4.79 Å². The summed E-state index contributed by atoms with van der Waals surface area (Å²) in [6, 6.07) is 1.64. The van der Waals surface area contributed by atoms with Crippen molar-refractivity contribution in [3.05, 3.63) is 16.6 Å². The minimum atomic E-state index is -0.367. The van der Waals surface area contributed by atoms with E-state index in [1.807, 2.05) is 0 Å². The van der Waals surface area contributed by atoms with Crippen molar-refractivity contribution in [3.63, 3.8) is 0 Å². The molecule has 0 atom stereocenters. The van der Waals surface area contributed by atoms with Gasteiger partial charge in [0.1, 0.15) is 17.0 Å². The van der Waals surface area contributed by atoms with E-state index in [2.05, 4.69) is 16.9 Å². The highest BCUT2D eigenvalue weighted by molar-refractivity contribution is 5.93. The molecule has 0 amide bonds. The van der Waals surface area contributed by atoms with Gasteiger partial charge in [-0.1, -0.05) is 32.6 Å². The molecule has 0 aromatic carbocycles. The standard InChI is InChI=1S/C15H23N5O2/c1-3-4-5-6-7-8-20-10-9-11(16)18-14(22-2)12(10)13(17)19-15(20)21/h9H,3-8H2,1-2H3,(H2,16,18)(H2,17,19,21). The average molecular weight is 305 g/mol. The van der Waals surface area contributed by atoms with Crippen LogP contribution in [-0.4, -0.2) is 21.6 Å². The lowest BCUT2D eigenvalue weighted by atomic mass is 10.1. The number of rotatable bonds is 7. The first kappa shape index (κ1) is 16.1. The van der Waals surface area contributed by atoms with Gasteiger partial charge in [0.15, 0.2) is 0 Å². The average Bonchev–Trinajstić information content (AvgIpc) is 2.48. The molecule has 7 heteroatoms. The lowest BCUT2D eigenvalue weighted by Crippen LogP contribution is -2.25. The summed E-state index contributed by atoms with van der Waals surface area (Å²) in [6.45, 7) is 2.75. The molecule has 0 unspecified atom stereocenters. The number of pyridine rings is 1. The molecule has 0 spiro atoms. The Labute approximate surface area is 129 Å². The molecule has 0 fully saturated rings. The van der Waals surface area contributed by atoms with Gasteiger partial charge in [0, 0.05) is 12.6 Å². The molecule has 0 radical (unpaired) electrons. The molecule has 2 aromatic heterocycles. The molecule has 2 heterocycles. The van der Waals surface area contributed by atoms with Gasteiger partial charge in [0.2, 0.25) is 5.88 Å². The largest absolute Gasteiger partial charge is 0.480 e. The van der Waals surface area contributed by atoms with E-state index in [0.29, 0.717) is 23.3 Å². The predicted molar refractivity (Wildman–Crippen MR) is 87.9 cm³/mol. The third-order valence-corrected chi connectivity index (χ3v) is 3.66. The number of anilines is 2. The van der Waals surface area contributed by atoms with Crippen LogP contribution < -0.4 is 21.9 Å². The Balaban J connectivity index is 2.40. The van der Waals surface area contributed by atoms with Crippen molar-refractivity contribution in [1.29, 1.82) is 0 Å². The van der Waals surface area contributed by atoms with E-state index in [0.717, 1.165) is 12.8 Å². The highest BCUT2D eigenvalue weighted by Gasteiger charge is 2.15. The van der Waals surface area contributed by atoms with Crippen molar-refractivity contribution in [2.45, 2.75) is 45.6 Å². The Hall–Kier alpha value is -2.31. The molecule has 0 saturated heterocycles. The number of hydrogen-bond acceptors (Lipinski definition) is 6. The van der Waals surface area contributed by atoms with Crippen LogP contribution in [0.4, 0.5) is 11.6 Å². The van der Waals surface area contributed by atoms with Gasteiger partial charge in [-0.2, -0.15) is 9.97 Å². The third-order valence-electron chi connectivity index (χ3n) is 3.66. The van der Waals surface area contributed by atoms with Crippen LogP contribution in [0, 0.1) is 0 Å². The van der Waals surface area contributed by atoms with Gasteiger partial charge >= 0.3 is 5.69 Å². The van der Waals surface area contributed by atoms with Crippen molar-refractivity contribution in [1.82, 2.24) is 14.5 Å². The smallest absolute Gasteiger partial charge is 0.350 e. The van der Waals surface area contributed by atoms with Gasteiger partial charge < -0.3 is 16.2 Å². The number of aromatic nitrogens is 3. The Kier molecular flexibility index (Phi) is 5.19. The molecule has 120 valence electrons. The van der Waals surface area contributed by atoms with Crippen LogP contribution in [0.1, 0.15) is 39.0 Å². The van der Waals surface area contributed by atoms with Gasteiger partial charge in [0.25, 0.3) is 0 Å². The normalized spacial score (nSPS) is 11.0. The molecule has 0 bridgehead atoms. The van der Waals surface area contributed by atoms with E-state index in [-0.39, 0.29) is 17.3 Å². The molecular formula is C15H23N5O2. The monoisotopic (exact) mass is 305 g/mol. The minimum absolute atomic E-state index is 0.117. The van der Waals surface area contributed by atoms with Crippen molar-refractivity contribution < 1.29 is 4.74 Å². The predicted octanol–water partition coefficient (Wildman–Crippen LogP) is 1.93. The Bertz CT molecular complexity index is 711. The highest BCUT2D eigenvalue weighted by Crippen LogP contribution is 2.28. The number of nitrogens with two attached hydrogens (primary N) is 2. The summed E-state index contributed by atoms with van der Waals surface area (Å²) >= 11 is 0. The Morgan fingerprint density at radius 1 is 1.18 bits per heavy atom. The fraction of sp³-hybridized carbons (Fsp3) is 0.533. The second kappa shape index (κ2) is 7.11. The molecule has 0 aliphatic heterocycles. The fourth-order valence-electron chi connectivity index (χ4n) is 2.54. The van der Waals surface area contributed by atoms with Crippen LogP contribution in [0.15, 0.2) is 10.9 Å². The first-order valence-electron chi connectivity index (χ1n) is 7.59. The molecule has 0 saturated carbocycles. The second-order valence-corrected chi connectivity index (χ2v) is 5.30. The van der Waals surface area contributed by atoms with E-state index in [4.69, 9.17) is 16.2 Å². The third kappa shape index (κ3) is 3.29. The van der Waals surface area contributed by atoms with Crippen LogP contribution in [0.5, 0.6) is 5.88 Å². The molecule has 0 aliphatic carbocycles. The van der Waals surface area contributed by atoms with Crippen molar-refractivity contribution in [3.8, 4) is 5.88 Å². The zero-order chi connectivity index (χ0) is 16.1. The maximum absolute atomic E-state index is 12.2. The summed E-state index contributed by atoms with van der Waals surface area (Å²) in [4.78, 5) is 20.1. The molecular weight excluding hydrogens is 282 g/mol. The van der Waals surface area contributed by atoms with Gasteiger partial charge in [-0.25, -0.2) is 4.79 Å². The van der Waals surface area contributed by atoms with E-state index in [1.54, 1.807) is 10.6 Å². The van der Waals surface area contributed by atoms with Crippen LogP contribution >= 0.6 is 0 Å². The molecule has 7 nitrogen and oxygen atoms in total. The zero-order valence-corrected chi connectivity index (χ0v) is 13.1. The fourth-order valence-corrected chi connectivity index (χ4v) is 2.54. The van der Waals surface area contributed by atoms with Crippen LogP contribution in [0.3, 0.4) is 0 Å². The first-order valence-corrected chi connectivity index (χ1v) is 7.59. The van der Waals surface area contributed by atoms with Crippen molar-refractivity contribution >= 4 is 22.5 Å². The summed E-state index contributed by atoms with van der Waals surface area (Å²) in [5, 5.41) is 0.532. The summed E-state index contributed by atoms with van der Waals surface area (Å²) in [5.41, 5.74) is 11.9. The molecule has 4 N–H and O–H groups in total. The number of hydrogen-bond donors (Lipinski definition) is 2. The second-order valence-electron chi connectivity index (χ2n) is 5.30. The first-order chi connectivity index (χ1) is 10.6. The maximum atomic E-state index is 12.2. The van der Waals surface area contributed by atoms with Crippen LogP contribution in [-0.2, 0) is 6.54 Å². The summed E-state index contributed by atoms with van der Waals surface area (Å²) in [5.74, 6) is 0.695. The van der Waals surface area contributed by atoms with Crippen LogP contribution in [0.25, 0.3) is 10.9 Å². The van der Waals surface area contributed by atoms with Gasteiger partial charge in [0.05, 0.1) is 12.6 Å². The number of ether oxygens (including phenoxy) is 1. The maximum Gasteiger partial charge on any atom is 0.350 e. The quantitative estimate of drug-likeness (QED) is 0.756. The topological polar surface area (TPSA) is 109 Å². The number of unbranched alkanes of at least 4 members (excludes halogenated alkanes) is 4. The number of nitrogens with zero attached hydrogens (tertiary/aromatic N) is 3. The van der Waals surface area contributed by atoms with Crippen molar-refractivity contribution in [2.75, 3.05) is 18.6 Å². The number of fused-ring (bicyclic) bond motifs is 1. The van der Waals surface area contributed by atoms with Gasteiger partial charge in [-0.15, -0.1) is 0 Å². The van der Waals surface area contributed by atoms with Gasteiger partial charge in [-0.3, -0.25) is 4.57 Å². The molecule has 0 aliphatic rings. The summed E-state index contributed by atoms with van der Waals surface area (Å²) < 4.78 is 6.81. The molecule has 2 aromatic rings. The lowest BCUT2D eigenvalue weighted by Gasteiger charge is -2.13. The molecule has 2 rings (SSSR count). The number of methoxy groups -OCH3 is 1. The lowest BCUT2D eigenvalue weighted by molar-refractivity contribution is 0.403. The highest BCUT2D eigenvalue weighted by atomic mass is 16.5. The number of nitrogen functional groups attached to an aromatic ring is 2. The van der Waals surface area contributed by atoms with Crippen LogP contribution in [0.2, 0.25) is 0 Å². The molecule has 22 heavy (non-hydrogen) atoms. The van der Waals surface area contributed by atoms with E-state index in [1.165, 1.54) is 26.4 Å².